The molecule has 146 valence electrons. The molecular formula is C19H28ClNO5. The average Bonchev–Trinajstić information content (AvgIpc) is 2.56. The second-order valence-electron chi connectivity index (χ2n) is 6.80. The zero-order valence-corrected chi connectivity index (χ0v) is 16.3. The van der Waals surface area contributed by atoms with E-state index >= 15 is 0 Å². The lowest BCUT2D eigenvalue weighted by molar-refractivity contribution is -0.121. The summed E-state index contributed by atoms with van der Waals surface area (Å²) in [5.41, 5.74) is 0.764. The van der Waals surface area contributed by atoms with Gasteiger partial charge in [-0.25, -0.2) is 4.79 Å². The number of carbonyl (C=O) groups is 2. The van der Waals surface area contributed by atoms with Gasteiger partial charge < -0.3 is 20.3 Å². The maximum absolute atomic E-state index is 12.3. The van der Waals surface area contributed by atoms with Crippen LogP contribution < -0.4 is 10.1 Å². The Morgan fingerprint density at radius 3 is 2.31 bits per heavy atom. The maximum Gasteiger partial charge on any atom is 0.503 e. The third kappa shape index (κ3) is 7.52. The van der Waals surface area contributed by atoms with Gasteiger partial charge in [-0.3, -0.25) is 4.79 Å². The molecule has 0 spiro atoms. The zero-order chi connectivity index (χ0) is 19.7. The molecule has 0 heterocycles. The Labute approximate surface area is 159 Å². The summed E-state index contributed by atoms with van der Waals surface area (Å²) in [5.74, 6) is 2.24. The second-order valence-corrected chi connectivity index (χ2v) is 7.21. The van der Waals surface area contributed by atoms with Crippen molar-refractivity contribution >= 4 is 23.7 Å². The minimum atomic E-state index is -1.83. The monoisotopic (exact) mass is 385 g/mol. The Balaban J connectivity index is 0.000000765. The van der Waals surface area contributed by atoms with Crippen LogP contribution in [-0.2, 0) is 11.2 Å². The molecule has 0 radical (unpaired) electrons. The molecule has 1 aliphatic carbocycles. The molecule has 2 rings (SSSR count). The van der Waals surface area contributed by atoms with Crippen LogP contribution in [0.1, 0.15) is 45.1 Å². The highest BCUT2D eigenvalue weighted by atomic mass is 35.5. The SMILES string of the molecule is COc1cccc(Cl)c1CC(=O)NC1CCC(C(C)C)CC1.O=C(O)O. The summed E-state index contributed by atoms with van der Waals surface area (Å²) < 4.78 is 5.29. The van der Waals surface area contributed by atoms with Crippen LogP contribution in [-0.4, -0.2) is 35.4 Å². The van der Waals surface area contributed by atoms with Crippen molar-refractivity contribution < 1.29 is 24.5 Å². The second kappa shape index (κ2) is 10.9. The molecule has 1 aromatic rings. The normalized spacial score (nSPS) is 19.3. The first-order valence-corrected chi connectivity index (χ1v) is 9.15. The first-order chi connectivity index (χ1) is 12.2. The number of benzene rings is 1. The van der Waals surface area contributed by atoms with E-state index in [1.807, 2.05) is 12.1 Å². The molecule has 1 amide bonds. The molecule has 1 aliphatic rings. The van der Waals surface area contributed by atoms with E-state index in [0.29, 0.717) is 16.8 Å². The summed E-state index contributed by atoms with van der Waals surface area (Å²) in [4.78, 5) is 20.8. The topological polar surface area (TPSA) is 95.9 Å². The number of methoxy groups -OCH3 is 1. The number of carbonyl (C=O) groups excluding carboxylic acids is 1. The van der Waals surface area contributed by atoms with Crippen molar-refractivity contribution in [2.75, 3.05) is 7.11 Å². The highest BCUT2D eigenvalue weighted by Crippen LogP contribution is 2.30. The predicted molar refractivity (Wildman–Crippen MR) is 101 cm³/mol. The van der Waals surface area contributed by atoms with E-state index in [0.717, 1.165) is 30.2 Å². The first-order valence-electron chi connectivity index (χ1n) is 8.77. The highest BCUT2D eigenvalue weighted by molar-refractivity contribution is 6.31. The van der Waals surface area contributed by atoms with E-state index in [1.54, 1.807) is 13.2 Å². The Kier molecular flexibility index (Phi) is 9.27. The van der Waals surface area contributed by atoms with Crippen molar-refractivity contribution in [3.63, 3.8) is 0 Å². The minimum Gasteiger partial charge on any atom is -0.496 e. The van der Waals surface area contributed by atoms with Crippen LogP contribution in [0.4, 0.5) is 4.79 Å². The Morgan fingerprint density at radius 2 is 1.81 bits per heavy atom. The van der Waals surface area contributed by atoms with Crippen LogP contribution in [0, 0.1) is 11.8 Å². The van der Waals surface area contributed by atoms with Crippen molar-refractivity contribution in [3.05, 3.63) is 28.8 Å². The Morgan fingerprint density at radius 1 is 1.23 bits per heavy atom. The molecule has 0 bridgehead atoms. The van der Waals surface area contributed by atoms with Gasteiger partial charge in [0.05, 0.1) is 13.5 Å². The van der Waals surface area contributed by atoms with Crippen molar-refractivity contribution in [1.82, 2.24) is 5.32 Å². The smallest absolute Gasteiger partial charge is 0.496 e. The lowest BCUT2D eigenvalue weighted by Crippen LogP contribution is -2.39. The molecule has 0 aliphatic heterocycles. The summed E-state index contributed by atoms with van der Waals surface area (Å²) >= 11 is 6.19. The van der Waals surface area contributed by atoms with E-state index in [-0.39, 0.29) is 12.3 Å². The molecule has 6 nitrogen and oxygen atoms in total. The molecule has 1 fully saturated rings. The molecule has 3 N–H and O–H groups in total. The van der Waals surface area contributed by atoms with Crippen LogP contribution in [0.5, 0.6) is 5.75 Å². The van der Waals surface area contributed by atoms with Gasteiger partial charge >= 0.3 is 6.16 Å². The van der Waals surface area contributed by atoms with Gasteiger partial charge in [0.25, 0.3) is 0 Å². The van der Waals surface area contributed by atoms with Gasteiger partial charge in [-0.2, -0.15) is 0 Å². The molecule has 0 aromatic heterocycles. The Hall–Kier alpha value is -1.95. The van der Waals surface area contributed by atoms with E-state index in [4.69, 9.17) is 31.3 Å². The number of rotatable bonds is 5. The summed E-state index contributed by atoms with van der Waals surface area (Å²) in [7, 11) is 1.60. The number of halogens is 1. The molecule has 0 saturated heterocycles. The van der Waals surface area contributed by atoms with Gasteiger partial charge in [0.15, 0.2) is 0 Å². The van der Waals surface area contributed by atoms with Crippen molar-refractivity contribution in [2.24, 2.45) is 11.8 Å². The van der Waals surface area contributed by atoms with E-state index in [1.165, 1.54) is 12.8 Å². The molecule has 0 unspecified atom stereocenters. The molecule has 7 heteroatoms. The van der Waals surface area contributed by atoms with Crippen LogP contribution >= 0.6 is 11.6 Å². The third-order valence-electron chi connectivity index (χ3n) is 4.71. The number of hydrogen-bond acceptors (Lipinski definition) is 3. The summed E-state index contributed by atoms with van der Waals surface area (Å²) in [6.07, 6.45) is 3.01. The van der Waals surface area contributed by atoms with E-state index in [9.17, 15) is 4.79 Å². The third-order valence-corrected chi connectivity index (χ3v) is 5.07. The number of amides is 1. The van der Waals surface area contributed by atoms with E-state index in [2.05, 4.69) is 19.2 Å². The fourth-order valence-corrected chi connectivity index (χ4v) is 3.50. The lowest BCUT2D eigenvalue weighted by atomic mass is 9.79. The van der Waals surface area contributed by atoms with Crippen LogP contribution in [0.3, 0.4) is 0 Å². The average molecular weight is 386 g/mol. The Bertz CT molecular complexity index is 594. The van der Waals surface area contributed by atoms with Crippen LogP contribution in [0.15, 0.2) is 18.2 Å². The van der Waals surface area contributed by atoms with Gasteiger partial charge in [0, 0.05) is 16.6 Å². The minimum absolute atomic E-state index is 0.0272. The summed E-state index contributed by atoms with van der Waals surface area (Å²) in [6.45, 7) is 4.57. The number of hydrogen-bond donors (Lipinski definition) is 3. The standard InChI is InChI=1S/C18H26ClNO2.CH2O3/c1-12(2)13-7-9-14(10-8-13)20-18(21)11-15-16(19)5-4-6-17(15)22-3;2-1(3)4/h4-6,12-14H,7-11H2,1-3H3,(H,20,21);(H2,2,3,4). The number of carboxylic acid groups (broad SMARTS) is 2. The largest absolute Gasteiger partial charge is 0.503 e. The van der Waals surface area contributed by atoms with Gasteiger partial charge in [-0.15, -0.1) is 0 Å². The van der Waals surface area contributed by atoms with Gasteiger partial charge in [-0.1, -0.05) is 31.5 Å². The highest BCUT2D eigenvalue weighted by Gasteiger charge is 2.24. The van der Waals surface area contributed by atoms with E-state index < -0.39 is 6.16 Å². The maximum atomic E-state index is 12.3. The van der Waals surface area contributed by atoms with Gasteiger partial charge in [-0.05, 0) is 49.7 Å². The fourth-order valence-electron chi connectivity index (χ4n) is 3.27. The molecule has 0 atom stereocenters. The fraction of sp³-hybridized carbons (Fsp3) is 0.579. The summed E-state index contributed by atoms with van der Waals surface area (Å²) in [5, 5.41) is 17.7. The van der Waals surface area contributed by atoms with Gasteiger partial charge in [0.2, 0.25) is 5.91 Å². The zero-order valence-electron chi connectivity index (χ0n) is 15.5. The van der Waals surface area contributed by atoms with Crippen molar-refractivity contribution in [2.45, 2.75) is 52.0 Å². The van der Waals surface area contributed by atoms with Crippen molar-refractivity contribution in [1.29, 1.82) is 0 Å². The number of ether oxygens (including phenoxy) is 1. The van der Waals surface area contributed by atoms with Crippen LogP contribution in [0.25, 0.3) is 0 Å². The molecule has 1 aromatic carbocycles. The predicted octanol–water partition coefficient (Wildman–Crippen LogP) is 4.44. The molecule has 26 heavy (non-hydrogen) atoms. The first kappa shape index (κ1) is 22.1. The van der Waals surface area contributed by atoms with Crippen molar-refractivity contribution in [3.8, 4) is 5.75 Å². The summed E-state index contributed by atoms with van der Waals surface area (Å²) in [6, 6.07) is 5.76. The molecule has 1 saturated carbocycles. The van der Waals surface area contributed by atoms with Gasteiger partial charge in [0.1, 0.15) is 5.75 Å². The quantitative estimate of drug-likeness (QED) is 0.696. The van der Waals surface area contributed by atoms with Crippen LogP contribution in [0.2, 0.25) is 5.02 Å². The number of nitrogens with one attached hydrogen (secondary N) is 1. The lowest BCUT2D eigenvalue weighted by Gasteiger charge is -2.31. The molecular weight excluding hydrogens is 358 g/mol.